The van der Waals surface area contributed by atoms with E-state index in [2.05, 4.69) is 17.1 Å². The maximum atomic E-state index is 12.2. The number of alkyl halides is 3. The number of nitrogens with two attached hydrogens (primary N) is 1. The van der Waals surface area contributed by atoms with Gasteiger partial charge in [0.2, 0.25) is 0 Å². The molecule has 3 N–H and O–H groups in total. The molecule has 0 radical (unpaired) electrons. The molecule has 164 valence electrons. The minimum absolute atomic E-state index is 0.0457. The van der Waals surface area contributed by atoms with E-state index in [1.807, 2.05) is 12.1 Å². The third kappa shape index (κ3) is 8.51. The van der Waals surface area contributed by atoms with Gasteiger partial charge >= 0.3 is 6.18 Å². The Morgan fingerprint density at radius 1 is 1.24 bits per heavy atom. The number of nitrogens with zero attached hydrogens (tertiary/aromatic N) is 2. The third-order valence-electron chi connectivity index (χ3n) is 4.98. The van der Waals surface area contributed by atoms with Gasteiger partial charge in [0.15, 0.2) is 5.96 Å². The monoisotopic (exact) mass is 414 g/mol. The minimum Gasteiger partial charge on any atom is -0.494 e. The van der Waals surface area contributed by atoms with Gasteiger partial charge in [-0.05, 0) is 69.3 Å². The van der Waals surface area contributed by atoms with Gasteiger partial charge in [-0.25, -0.2) is 0 Å². The highest BCUT2D eigenvalue weighted by Gasteiger charge is 2.26. The molecule has 29 heavy (non-hydrogen) atoms. The van der Waals surface area contributed by atoms with E-state index in [9.17, 15) is 13.2 Å². The van der Waals surface area contributed by atoms with E-state index in [0.717, 1.165) is 37.5 Å². The molecule has 1 unspecified atom stereocenters. The van der Waals surface area contributed by atoms with Crippen molar-refractivity contribution in [3.05, 3.63) is 24.3 Å². The largest absolute Gasteiger partial charge is 0.494 e. The molecule has 1 heterocycles. The first-order chi connectivity index (χ1) is 13.9. The van der Waals surface area contributed by atoms with Gasteiger partial charge in [-0.1, -0.05) is 6.92 Å². The zero-order valence-electron chi connectivity index (χ0n) is 17.2. The predicted octanol–water partition coefficient (Wildman–Crippen LogP) is 4.79. The smallest absolute Gasteiger partial charge is 0.389 e. The van der Waals surface area contributed by atoms with E-state index in [0.29, 0.717) is 24.9 Å². The van der Waals surface area contributed by atoms with Crippen molar-refractivity contribution in [2.45, 2.75) is 64.1 Å². The van der Waals surface area contributed by atoms with Crippen molar-refractivity contribution in [2.75, 3.05) is 31.6 Å². The molecule has 0 aromatic heterocycles. The molecule has 0 aliphatic carbocycles. The van der Waals surface area contributed by atoms with Gasteiger partial charge in [-0.3, -0.25) is 4.99 Å². The predicted molar refractivity (Wildman–Crippen MR) is 111 cm³/mol. The number of piperidine rings is 1. The second-order valence-corrected chi connectivity index (χ2v) is 7.32. The Morgan fingerprint density at radius 2 is 2.00 bits per heavy atom. The van der Waals surface area contributed by atoms with Crippen LogP contribution in [0.5, 0.6) is 5.75 Å². The fraction of sp³-hybridized carbons (Fsp3) is 0.667. The summed E-state index contributed by atoms with van der Waals surface area (Å²) in [6.45, 7) is 4.50. The van der Waals surface area contributed by atoms with E-state index in [4.69, 9.17) is 15.5 Å². The summed E-state index contributed by atoms with van der Waals surface area (Å²) in [5.41, 5.74) is 6.48. The second kappa shape index (κ2) is 11.9. The van der Waals surface area contributed by atoms with Crippen LogP contribution in [0.25, 0.3) is 0 Å². The first kappa shape index (κ1) is 23.3. The van der Waals surface area contributed by atoms with Crippen LogP contribution in [0.15, 0.2) is 29.3 Å². The summed E-state index contributed by atoms with van der Waals surface area (Å²) in [6, 6.07) is 7.73. The average molecular weight is 415 g/mol. The molecule has 1 aromatic carbocycles. The van der Waals surface area contributed by atoms with Crippen molar-refractivity contribution in [1.29, 1.82) is 0 Å². The Balaban J connectivity index is 1.96. The molecule has 1 atom stereocenters. The normalized spacial score (nSPS) is 18.0. The second-order valence-electron chi connectivity index (χ2n) is 7.32. The van der Waals surface area contributed by atoms with Gasteiger partial charge in [0, 0.05) is 31.2 Å². The number of likely N-dealkylation sites (tertiary alicyclic amines) is 1. The van der Waals surface area contributed by atoms with Gasteiger partial charge in [-0.15, -0.1) is 0 Å². The van der Waals surface area contributed by atoms with Gasteiger partial charge in [0.25, 0.3) is 0 Å². The molecule has 1 aliphatic rings. The summed E-state index contributed by atoms with van der Waals surface area (Å²) in [7, 11) is 0. The number of aliphatic imine (C=N–C) groups is 1. The third-order valence-corrected chi connectivity index (χ3v) is 4.98. The number of anilines is 1. The highest BCUT2D eigenvalue weighted by Crippen LogP contribution is 2.23. The Labute approximate surface area is 171 Å². The molecule has 8 heteroatoms. The standard InChI is InChI=1S/C21H33F3N4O/c1-2-18-7-3-4-15-28(18)20(26-14-6-13-25)27-17-8-10-19(11-9-17)29-16-5-12-21(22,23)24/h8-11,18H,2-7,12-16,25H2,1H3,(H,26,27). The number of guanidine groups is 1. The van der Waals surface area contributed by atoms with Gasteiger partial charge in [-0.2, -0.15) is 13.2 Å². The molecule has 1 fully saturated rings. The van der Waals surface area contributed by atoms with Crippen LogP contribution in [0.4, 0.5) is 18.9 Å². The van der Waals surface area contributed by atoms with Crippen LogP contribution in [0.3, 0.4) is 0 Å². The molecule has 2 rings (SSSR count). The molecular formula is C21H33F3N4O. The summed E-state index contributed by atoms with van der Waals surface area (Å²) in [6.07, 6.45) is 0.450. The number of ether oxygens (including phenoxy) is 1. The number of benzene rings is 1. The van der Waals surface area contributed by atoms with E-state index in [-0.39, 0.29) is 13.0 Å². The van der Waals surface area contributed by atoms with Crippen molar-refractivity contribution in [2.24, 2.45) is 10.7 Å². The maximum Gasteiger partial charge on any atom is 0.389 e. The molecule has 1 saturated heterocycles. The zero-order chi connectivity index (χ0) is 21.1. The summed E-state index contributed by atoms with van der Waals surface area (Å²) in [4.78, 5) is 7.10. The molecule has 0 spiro atoms. The van der Waals surface area contributed by atoms with Crippen molar-refractivity contribution >= 4 is 11.6 Å². The topological polar surface area (TPSA) is 62.9 Å². The van der Waals surface area contributed by atoms with Crippen LogP contribution >= 0.6 is 0 Å². The fourth-order valence-electron chi connectivity index (χ4n) is 3.41. The molecule has 0 bridgehead atoms. The molecule has 5 nitrogen and oxygen atoms in total. The lowest BCUT2D eigenvalue weighted by atomic mass is 10.0. The molecule has 0 saturated carbocycles. The number of hydrogen-bond acceptors (Lipinski definition) is 3. The van der Waals surface area contributed by atoms with E-state index >= 15 is 0 Å². The van der Waals surface area contributed by atoms with Crippen molar-refractivity contribution in [3.8, 4) is 5.75 Å². The Hall–Kier alpha value is -1.96. The number of hydrogen-bond donors (Lipinski definition) is 2. The first-order valence-electron chi connectivity index (χ1n) is 10.5. The van der Waals surface area contributed by atoms with Crippen LogP contribution < -0.4 is 15.8 Å². The summed E-state index contributed by atoms with van der Waals surface area (Å²) in [5, 5.41) is 3.42. The van der Waals surface area contributed by atoms with Gasteiger partial charge < -0.3 is 20.7 Å². The molecular weight excluding hydrogens is 381 g/mol. The number of halogens is 3. The van der Waals surface area contributed by atoms with Crippen LogP contribution in [0, 0.1) is 0 Å². The van der Waals surface area contributed by atoms with Crippen LogP contribution in [0.1, 0.15) is 51.9 Å². The van der Waals surface area contributed by atoms with Crippen LogP contribution in [0.2, 0.25) is 0 Å². The lowest BCUT2D eigenvalue weighted by Crippen LogP contribution is -2.46. The first-order valence-corrected chi connectivity index (χ1v) is 10.5. The summed E-state index contributed by atoms with van der Waals surface area (Å²) in [5.74, 6) is 1.42. The minimum atomic E-state index is -4.14. The van der Waals surface area contributed by atoms with Crippen molar-refractivity contribution in [1.82, 2.24) is 4.90 Å². The summed E-state index contributed by atoms with van der Waals surface area (Å²) >= 11 is 0. The van der Waals surface area contributed by atoms with Crippen LogP contribution in [-0.2, 0) is 0 Å². The van der Waals surface area contributed by atoms with Crippen molar-refractivity contribution in [3.63, 3.8) is 0 Å². The number of rotatable bonds is 9. The lowest BCUT2D eigenvalue weighted by molar-refractivity contribution is -0.136. The quantitative estimate of drug-likeness (QED) is 0.346. The highest BCUT2D eigenvalue weighted by atomic mass is 19.4. The van der Waals surface area contributed by atoms with E-state index in [1.165, 1.54) is 12.8 Å². The van der Waals surface area contributed by atoms with E-state index < -0.39 is 12.6 Å². The fourth-order valence-corrected chi connectivity index (χ4v) is 3.41. The maximum absolute atomic E-state index is 12.2. The van der Waals surface area contributed by atoms with E-state index in [1.54, 1.807) is 12.1 Å². The SMILES string of the molecule is CCC1CCCCN1C(=NCCCN)Nc1ccc(OCCCC(F)(F)F)cc1. The zero-order valence-corrected chi connectivity index (χ0v) is 17.2. The van der Waals surface area contributed by atoms with Crippen molar-refractivity contribution < 1.29 is 17.9 Å². The van der Waals surface area contributed by atoms with Gasteiger partial charge in [0.1, 0.15) is 5.75 Å². The molecule has 0 amide bonds. The Bertz CT molecular complexity index is 619. The summed E-state index contributed by atoms with van der Waals surface area (Å²) < 4.78 is 42.0. The highest BCUT2D eigenvalue weighted by molar-refractivity contribution is 5.94. The number of nitrogens with one attached hydrogen (secondary N) is 1. The Kier molecular flexibility index (Phi) is 9.57. The molecule has 1 aromatic rings. The molecule has 1 aliphatic heterocycles. The lowest BCUT2D eigenvalue weighted by Gasteiger charge is -2.37. The average Bonchev–Trinajstić information content (AvgIpc) is 2.71. The Morgan fingerprint density at radius 3 is 2.66 bits per heavy atom. The van der Waals surface area contributed by atoms with Crippen LogP contribution in [-0.4, -0.2) is 49.3 Å². The van der Waals surface area contributed by atoms with Gasteiger partial charge in [0.05, 0.1) is 6.61 Å².